The van der Waals surface area contributed by atoms with Crippen molar-refractivity contribution in [3.05, 3.63) is 11.4 Å². The van der Waals surface area contributed by atoms with Gasteiger partial charge in [-0.05, 0) is 27.2 Å². The van der Waals surface area contributed by atoms with E-state index in [1.54, 1.807) is 0 Å². The Morgan fingerprint density at radius 3 is 2.75 bits per heavy atom. The third-order valence-corrected chi connectivity index (χ3v) is 5.27. The lowest BCUT2D eigenvalue weighted by atomic mass is 10.1. The lowest BCUT2D eigenvalue weighted by molar-refractivity contribution is 0.617. The van der Waals surface area contributed by atoms with E-state index in [9.17, 15) is 0 Å². The van der Waals surface area contributed by atoms with Crippen LogP contribution < -0.4 is 10.2 Å². The van der Waals surface area contributed by atoms with E-state index < -0.39 is 0 Å². The fourth-order valence-corrected chi connectivity index (χ4v) is 3.64. The molecule has 0 saturated carbocycles. The molecule has 112 valence electrons. The molecule has 1 aliphatic rings. The molecule has 0 aromatic carbocycles. The zero-order chi connectivity index (χ0) is 14.7. The second kappa shape index (κ2) is 6.66. The number of thioether (sulfide) groups is 1. The van der Waals surface area contributed by atoms with Crippen molar-refractivity contribution in [1.82, 2.24) is 9.97 Å². The van der Waals surface area contributed by atoms with Gasteiger partial charge < -0.3 is 10.2 Å². The molecule has 1 aromatic rings. The van der Waals surface area contributed by atoms with Crippen LogP contribution in [0.2, 0.25) is 0 Å². The SMILES string of the molecule is CCCNc1nc(C)nc(N2CCSC(C)C2C)c1C. The minimum Gasteiger partial charge on any atom is -0.370 e. The molecular weight excluding hydrogens is 268 g/mol. The van der Waals surface area contributed by atoms with Crippen molar-refractivity contribution in [2.75, 3.05) is 29.1 Å². The first kappa shape index (κ1) is 15.4. The number of nitrogens with one attached hydrogen (secondary N) is 1. The normalized spacial score (nSPS) is 22.9. The number of hydrogen-bond donors (Lipinski definition) is 1. The molecule has 1 aromatic heterocycles. The maximum Gasteiger partial charge on any atom is 0.137 e. The van der Waals surface area contributed by atoms with Gasteiger partial charge in [-0.1, -0.05) is 13.8 Å². The van der Waals surface area contributed by atoms with Gasteiger partial charge in [-0.2, -0.15) is 11.8 Å². The molecule has 0 spiro atoms. The Kier molecular flexibility index (Phi) is 5.13. The van der Waals surface area contributed by atoms with Crippen LogP contribution in [0.1, 0.15) is 38.6 Å². The molecular formula is C15H26N4S. The molecule has 0 aliphatic carbocycles. The quantitative estimate of drug-likeness (QED) is 0.923. The van der Waals surface area contributed by atoms with Gasteiger partial charge in [0.1, 0.15) is 17.5 Å². The topological polar surface area (TPSA) is 41.1 Å². The van der Waals surface area contributed by atoms with E-state index in [4.69, 9.17) is 4.98 Å². The monoisotopic (exact) mass is 294 g/mol. The molecule has 2 unspecified atom stereocenters. The van der Waals surface area contributed by atoms with Crippen molar-refractivity contribution < 1.29 is 0 Å². The summed E-state index contributed by atoms with van der Waals surface area (Å²) >= 11 is 2.05. The van der Waals surface area contributed by atoms with Gasteiger partial charge in [0.25, 0.3) is 0 Å². The molecule has 0 radical (unpaired) electrons. The molecule has 0 bridgehead atoms. The molecule has 2 heterocycles. The van der Waals surface area contributed by atoms with E-state index >= 15 is 0 Å². The molecule has 1 saturated heterocycles. The van der Waals surface area contributed by atoms with Gasteiger partial charge in [-0.25, -0.2) is 9.97 Å². The van der Waals surface area contributed by atoms with Gasteiger partial charge in [-0.3, -0.25) is 0 Å². The molecule has 2 rings (SSSR count). The summed E-state index contributed by atoms with van der Waals surface area (Å²) < 4.78 is 0. The van der Waals surface area contributed by atoms with Crippen LogP contribution in [-0.4, -0.2) is 40.1 Å². The highest BCUT2D eigenvalue weighted by atomic mass is 32.2. The van der Waals surface area contributed by atoms with Crippen molar-refractivity contribution in [3.8, 4) is 0 Å². The Labute approximate surface area is 126 Å². The molecule has 5 heteroatoms. The van der Waals surface area contributed by atoms with E-state index in [0.29, 0.717) is 11.3 Å². The van der Waals surface area contributed by atoms with Crippen LogP contribution >= 0.6 is 11.8 Å². The van der Waals surface area contributed by atoms with Crippen LogP contribution in [0.25, 0.3) is 0 Å². The summed E-state index contributed by atoms with van der Waals surface area (Å²) in [5, 5.41) is 4.07. The van der Waals surface area contributed by atoms with E-state index in [-0.39, 0.29) is 0 Å². The van der Waals surface area contributed by atoms with E-state index in [1.807, 2.05) is 6.92 Å². The number of aryl methyl sites for hydroxylation is 1. The van der Waals surface area contributed by atoms with Crippen molar-refractivity contribution >= 4 is 23.4 Å². The molecule has 20 heavy (non-hydrogen) atoms. The second-order valence-electron chi connectivity index (χ2n) is 5.50. The van der Waals surface area contributed by atoms with Crippen molar-refractivity contribution in [1.29, 1.82) is 0 Å². The number of hydrogen-bond acceptors (Lipinski definition) is 5. The zero-order valence-electron chi connectivity index (χ0n) is 13.2. The fourth-order valence-electron chi connectivity index (χ4n) is 2.54. The van der Waals surface area contributed by atoms with Crippen molar-refractivity contribution in [2.24, 2.45) is 0 Å². The maximum absolute atomic E-state index is 4.72. The fraction of sp³-hybridized carbons (Fsp3) is 0.733. The van der Waals surface area contributed by atoms with Crippen molar-refractivity contribution in [3.63, 3.8) is 0 Å². The third-order valence-electron chi connectivity index (χ3n) is 3.93. The predicted molar refractivity (Wildman–Crippen MR) is 89.0 cm³/mol. The van der Waals surface area contributed by atoms with Gasteiger partial charge in [0.05, 0.1) is 0 Å². The number of nitrogens with zero attached hydrogens (tertiary/aromatic N) is 3. The minimum absolute atomic E-state index is 0.515. The first-order valence-electron chi connectivity index (χ1n) is 7.52. The first-order chi connectivity index (χ1) is 9.54. The third kappa shape index (κ3) is 3.19. The Balaban J connectivity index is 2.32. The maximum atomic E-state index is 4.72. The van der Waals surface area contributed by atoms with Gasteiger partial charge in [0, 0.05) is 35.7 Å². The summed E-state index contributed by atoms with van der Waals surface area (Å²) in [6.07, 6.45) is 1.10. The summed E-state index contributed by atoms with van der Waals surface area (Å²) in [6, 6.07) is 0.515. The number of rotatable bonds is 4. The lowest BCUT2D eigenvalue weighted by Gasteiger charge is -2.39. The molecule has 0 amide bonds. The summed E-state index contributed by atoms with van der Waals surface area (Å²) in [5.41, 5.74) is 1.18. The average molecular weight is 294 g/mol. The predicted octanol–water partition coefficient (Wildman–Crippen LogP) is 3.25. The molecule has 1 fully saturated rings. The molecule has 4 nitrogen and oxygen atoms in total. The van der Waals surface area contributed by atoms with Gasteiger partial charge in [0.15, 0.2) is 0 Å². The smallest absolute Gasteiger partial charge is 0.137 e. The summed E-state index contributed by atoms with van der Waals surface area (Å²) in [6.45, 7) is 12.9. The molecule has 1 aliphatic heterocycles. The van der Waals surface area contributed by atoms with Crippen LogP contribution in [0.3, 0.4) is 0 Å². The van der Waals surface area contributed by atoms with Crippen LogP contribution in [0.4, 0.5) is 11.6 Å². The summed E-state index contributed by atoms with van der Waals surface area (Å²) in [7, 11) is 0. The standard InChI is InChI=1S/C15H26N4S/c1-6-7-16-14-10(2)15(18-13(5)17-14)19-8-9-20-12(4)11(19)3/h11-12H,6-9H2,1-5H3,(H,16,17,18). The van der Waals surface area contributed by atoms with Crippen LogP contribution in [-0.2, 0) is 0 Å². The Morgan fingerprint density at radius 2 is 2.05 bits per heavy atom. The van der Waals surface area contributed by atoms with Gasteiger partial charge in [-0.15, -0.1) is 0 Å². The molecule has 1 N–H and O–H groups in total. The van der Waals surface area contributed by atoms with Gasteiger partial charge >= 0.3 is 0 Å². The number of anilines is 2. The Bertz CT molecular complexity index is 463. The van der Waals surface area contributed by atoms with E-state index in [2.05, 4.69) is 54.7 Å². The summed E-state index contributed by atoms with van der Waals surface area (Å²) in [5.74, 6) is 4.12. The van der Waals surface area contributed by atoms with Crippen LogP contribution in [0.15, 0.2) is 0 Å². The Hall–Kier alpha value is -0.970. The lowest BCUT2D eigenvalue weighted by Crippen LogP contribution is -2.45. The molecule has 2 atom stereocenters. The zero-order valence-corrected chi connectivity index (χ0v) is 14.0. The first-order valence-corrected chi connectivity index (χ1v) is 8.56. The highest BCUT2D eigenvalue weighted by Gasteiger charge is 2.28. The largest absolute Gasteiger partial charge is 0.370 e. The second-order valence-corrected chi connectivity index (χ2v) is 6.99. The highest BCUT2D eigenvalue weighted by molar-refractivity contribution is 8.00. The highest BCUT2D eigenvalue weighted by Crippen LogP contribution is 2.31. The van der Waals surface area contributed by atoms with E-state index in [1.165, 1.54) is 11.3 Å². The van der Waals surface area contributed by atoms with Gasteiger partial charge in [0.2, 0.25) is 0 Å². The Morgan fingerprint density at radius 1 is 1.30 bits per heavy atom. The number of aromatic nitrogens is 2. The minimum atomic E-state index is 0.515. The van der Waals surface area contributed by atoms with E-state index in [0.717, 1.165) is 37.0 Å². The van der Waals surface area contributed by atoms with Crippen LogP contribution in [0.5, 0.6) is 0 Å². The summed E-state index contributed by atoms with van der Waals surface area (Å²) in [4.78, 5) is 11.7. The van der Waals surface area contributed by atoms with Crippen molar-refractivity contribution in [2.45, 2.75) is 52.3 Å². The average Bonchev–Trinajstić information content (AvgIpc) is 2.42. The van der Waals surface area contributed by atoms with Crippen LogP contribution in [0, 0.1) is 13.8 Å².